The number of quaternary nitrogens is 2. The van der Waals surface area contributed by atoms with Crippen LogP contribution in [-0.4, -0.2) is 0 Å². The Hall–Kier alpha value is 0.328. The van der Waals surface area contributed by atoms with Gasteiger partial charge in [-0.1, -0.05) is 0 Å². The van der Waals surface area contributed by atoms with Crippen LogP contribution < -0.4 is 19.8 Å². The molecule has 0 spiro atoms. The average Bonchev–Trinajstić information content (AvgIpc) is 0.811. The van der Waals surface area contributed by atoms with Crippen molar-refractivity contribution in [3.05, 3.63) is 0 Å². The minimum atomic E-state index is -4.11. The van der Waals surface area contributed by atoms with Crippen LogP contribution in [0.3, 0.4) is 0 Å². The summed E-state index contributed by atoms with van der Waals surface area (Å²) in [6, 6.07) is 0. The first-order chi connectivity index (χ1) is 1.73. The Labute approximate surface area is 41.9 Å². The molecular formula is H8MoN2O3. The van der Waals surface area contributed by atoms with Gasteiger partial charge in [0.05, 0.1) is 0 Å². The third-order valence-corrected chi connectivity index (χ3v) is 0. The second-order valence-corrected chi connectivity index (χ2v) is 1.21. The van der Waals surface area contributed by atoms with Crippen molar-refractivity contribution in [3.8, 4) is 0 Å². The van der Waals surface area contributed by atoms with Crippen LogP contribution in [0.15, 0.2) is 0 Å². The monoisotopic (exact) mass is 182 g/mol. The molecule has 0 saturated heterocycles. The van der Waals surface area contributed by atoms with Gasteiger partial charge in [-0.15, -0.1) is 0 Å². The van der Waals surface area contributed by atoms with Crippen LogP contribution in [0.1, 0.15) is 0 Å². The van der Waals surface area contributed by atoms with Crippen molar-refractivity contribution in [1.29, 1.82) is 0 Å². The quantitative estimate of drug-likeness (QED) is 0.427. The molecule has 8 N–H and O–H groups in total. The first kappa shape index (κ1) is 16.2. The molecule has 0 radical (unpaired) electrons. The Morgan fingerprint density at radius 1 is 1.17 bits per heavy atom. The van der Waals surface area contributed by atoms with E-state index in [1.165, 1.54) is 0 Å². The molecule has 0 aliphatic rings. The normalized spacial score (nSPS) is 5.83. The van der Waals surface area contributed by atoms with Crippen molar-refractivity contribution in [2.45, 2.75) is 0 Å². The minimum absolute atomic E-state index is 0. The van der Waals surface area contributed by atoms with Crippen LogP contribution in [0.5, 0.6) is 0 Å². The van der Waals surface area contributed by atoms with E-state index in [9.17, 15) is 0 Å². The summed E-state index contributed by atoms with van der Waals surface area (Å²) in [7, 11) is 0. The Morgan fingerprint density at radius 3 is 1.17 bits per heavy atom. The molecule has 0 aromatic rings. The standard InChI is InChI=1S/Mo.2H3N.3O/h;2*1H3;;;/q;;;;2*-1/p+2. The Morgan fingerprint density at radius 2 is 1.17 bits per heavy atom. The van der Waals surface area contributed by atoms with E-state index < -0.39 is 18.0 Å². The molecule has 6 heavy (non-hydrogen) atoms. The summed E-state index contributed by atoms with van der Waals surface area (Å²) >= 11 is -4.11. The topological polar surface area (TPSA) is 136 Å². The van der Waals surface area contributed by atoms with E-state index in [1.54, 1.807) is 0 Å². The van der Waals surface area contributed by atoms with E-state index in [0.29, 0.717) is 0 Å². The number of rotatable bonds is 0. The van der Waals surface area contributed by atoms with E-state index in [0.717, 1.165) is 0 Å². The summed E-state index contributed by atoms with van der Waals surface area (Å²) in [6.45, 7) is 0. The van der Waals surface area contributed by atoms with Gasteiger partial charge in [0.2, 0.25) is 0 Å². The van der Waals surface area contributed by atoms with E-state index >= 15 is 0 Å². The van der Waals surface area contributed by atoms with Gasteiger partial charge >= 0.3 is 29.0 Å². The van der Waals surface area contributed by atoms with Gasteiger partial charge in [-0.05, 0) is 0 Å². The molecule has 5 nitrogen and oxygen atoms in total. The molecule has 0 aliphatic carbocycles. The SMILES string of the molecule is [NH4+].[NH4+].[O]=[Mo]([O-])[O-]. The molecule has 0 atom stereocenters. The summed E-state index contributed by atoms with van der Waals surface area (Å²) in [5.41, 5.74) is 0. The third-order valence-electron chi connectivity index (χ3n) is 0. The van der Waals surface area contributed by atoms with Gasteiger partial charge in [0.15, 0.2) is 0 Å². The molecular weight excluding hydrogens is 172 g/mol. The summed E-state index contributed by atoms with van der Waals surface area (Å²) < 4.78 is 25.8. The van der Waals surface area contributed by atoms with Gasteiger partial charge < -0.3 is 12.3 Å². The molecule has 0 rings (SSSR count). The molecule has 0 aliphatic heterocycles. The first-order valence-electron chi connectivity index (χ1n) is 0.500. The fourth-order valence-electron chi connectivity index (χ4n) is 0. The molecule has 0 bridgehead atoms. The van der Waals surface area contributed by atoms with Crippen LogP contribution in [0.25, 0.3) is 0 Å². The molecule has 0 aromatic carbocycles. The maximum absolute atomic E-state index is 8.59. The number of hydrogen-bond acceptors (Lipinski definition) is 3. The molecule has 0 aromatic heterocycles. The molecule has 0 saturated carbocycles. The second kappa shape index (κ2) is 9.01. The summed E-state index contributed by atoms with van der Waals surface area (Å²) in [4.78, 5) is 0. The van der Waals surface area contributed by atoms with Gasteiger partial charge in [0.25, 0.3) is 0 Å². The van der Waals surface area contributed by atoms with Crippen LogP contribution >= 0.6 is 0 Å². The van der Waals surface area contributed by atoms with Crippen LogP contribution in [0.4, 0.5) is 0 Å². The third kappa shape index (κ3) is 445. The molecule has 6 heteroatoms. The van der Waals surface area contributed by atoms with E-state index in [-0.39, 0.29) is 12.3 Å². The summed E-state index contributed by atoms with van der Waals surface area (Å²) in [5, 5.41) is 0. The maximum atomic E-state index is 8.59. The van der Waals surface area contributed by atoms with Crippen LogP contribution in [0, 0.1) is 0 Å². The molecule has 0 unspecified atom stereocenters. The van der Waals surface area contributed by atoms with Crippen molar-refractivity contribution in [2.24, 2.45) is 0 Å². The number of hydrogen-bond donors (Lipinski definition) is 2. The van der Waals surface area contributed by atoms with Gasteiger partial charge in [-0.25, -0.2) is 0 Å². The molecule has 0 fully saturated rings. The van der Waals surface area contributed by atoms with Crippen LogP contribution in [-0.2, 0) is 21.4 Å². The molecule has 0 amide bonds. The van der Waals surface area contributed by atoms with Gasteiger partial charge in [-0.3, -0.25) is 0 Å². The van der Waals surface area contributed by atoms with Crippen molar-refractivity contribution in [2.75, 3.05) is 0 Å². The van der Waals surface area contributed by atoms with E-state index in [1.807, 2.05) is 0 Å². The predicted molar refractivity (Wildman–Crippen MR) is 12.7 cm³/mol. The van der Waals surface area contributed by atoms with Crippen LogP contribution in [0.2, 0.25) is 0 Å². The summed E-state index contributed by atoms with van der Waals surface area (Å²) in [5.74, 6) is 0. The van der Waals surface area contributed by atoms with Gasteiger partial charge in [0, 0.05) is 0 Å². The van der Waals surface area contributed by atoms with Crippen molar-refractivity contribution >= 4 is 0 Å². The van der Waals surface area contributed by atoms with Crippen molar-refractivity contribution in [1.82, 2.24) is 12.3 Å². The Balaban J connectivity index is -0.0000000450. The molecule has 0 heterocycles. The fourth-order valence-corrected chi connectivity index (χ4v) is 0. The van der Waals surface area contributed by atoms with Crippen molar-refractivity contribution in [3.63, 3.8) is 0 Å². The zero-order valence-electron chi connectivity index (χ0n) is 3.63. The predicted octanol–water partition coefficient (Wildman–Crippen LogP) is -1.75. The van der Waals surface area contributed by atoms with E-state index in [4.69, 9.17) is 10.9 Å². The summed E-state index contributed by atoms with van der Waals surface area (Å²) in [6.07, 6.45) is 0. The fraction of sp³-hybridized carbons (Fsp3) is 0. The zero-order valence-corrected chi connectivity index (χ0v) is 5.64. The van der Waals surface area contributed by atoms with Gasteiger partial charge in [-0.2, -0.15) is 0 Å². The second-order valence-electron chi connectivity index (χ2n) is 0.204. The van der Waals surface area contributed by atoms with Gasteiger partial charge in [0.1, 0.15) is 0 Å². The average molecular weight is 180 g/mol. The molecule has 42 valence electrons. The Kier molecular flexibility index (Phi) is 24.4. The Bertz CT molecular complexity index is 31.8. The van der Waals surface area contributed by atoms with Crippen molar-refractivity contribution < 1.29 is 29.0 Å². The zero-order chi connectivity index (χ0) is 3.58. The van der Waals surface area contributed by atoms with E-state index in [2.05, 4.69) is 0 Å². The first-order valence-corrected chi connectivity index (χ1v) is 2.96.